The van der Waals surface area contributed by atoms with E-state index in [1.165, 1.54) is 23.3 Å². The quantitative estimate of drug-likeness (QED) is 0.752. The van der Waals surface area contributed by atoms with Crippen molar-refractivity contribution in [1.82, 2.24) is 4.90 Å². The number of amides is 1. The van der Waals surface area contributed by atoms with Gasteiger partial charge in [-0.05, 0) is 36.1 Å². The summed E-state index contributed by atoms with van der Waals surface area (Å²) in [5.41, 5.74) is 7.65. The Balaban J connectivity index is 2.06. The van der Waals surface area contributed by atoms with Gasteiger partial charge in [-0.15, -0.1) is 11.3 Å². The summed E-state index contributed by atoms with van der Waals surface area (Å²) >= 11 is 1.31. The number of nitrogens with zero attached hydrogens (tertiary/aromatic N) is 1. The standard InChI is InChI=1S/C18H22N2O5S2/c1-4-25-15-9-11(5-6-14(15)24-2)13(10-27(3,22)23)20-17(19)12-7-8-26-16(12)18(20)21/h5-9,13,17H,4,10,19H2,1-3H3/t13?,17-/m0/s1. The van der Waals surface area contributed by atoms with Crippen LogP contribution < -0.4 is 15.2 Å². The Kier molecular flexibility index (Phi) is 5.45. The zero-order chi connectivity index (χ0) is 19.8. The van der Waals surface area contributed by atoms with E-state index in [-0.39, 0.29) is 11.7 Å². The number of nitrogens with two attached hydrogens (primary N) is 1. The number of hydrogen-bond acceptors (Lipinski definition) is 7. The maximum absolute atomic E-state index is 12.9. The van der Waals surface area contributed by atoms with Gasteiger partial charge in [-0.2, -0.15) is 0 Å². The molecule has 2 aromatic rings. The van der Waals surface area contributed by atoms with E-state index >= 15 is 0 Å². The maximum atomic E-state index is 12.9. The number of ether oxygens (including phenoxy) is 2. The van der Waals surface area contributed by atoms with Crippen molar-refractivity contribution in [3.63, 3.8) is 0 Å². The fourth-order valence-corrected chi connectivity index (χ4v) is 5.06. The molecular formula is C18H22N2O5S2. The first-order valence-corrected chi connectivity index (χ1v) is 11.3. The minimum Gasteiger partial charge on any atom is -0.493 e. The Hall–Kier alpha value is -2.10. The van der Waals surface area contributed by atoms with Crippen LogP contribution in [-0.2, 0) is 9.84 Å². The zero-order valence-electron chi connectivity index (χ0n) is 15.3. The van der Waals surface area contributed by atoms with Gasteiger partial charge in [0.15, 0.2) is 11.5 Å². The minimum absolute atomic E-state index is 0.237. The van der Waals surface area contributed by atoms with Crippen molar-refractivity contribution >= 4 is 27.1 Å². The molecule has 3 rings (SSSR count). The topological polar surface area (TPSA) is 98.9 Å². The first-order valence-electron chi connectivity index (χ1n) is 8.41. The Morgan fingerprint density at radius 3 is 2.63 bits per heavy atom. The molecule has 0 radical (unpaired) electrons. The SMILES string of the molecule is CCOc1cc(C(CS(C)(=O)=O)N2C(=O)c3sccc3[C@H]2N)ccc1OC. The molecule has 0 bridgehead atoms. The van der Waals surface area contributed by atoms with Crippen LogP contribution in [0.5, 0.6) is 11.5 Å². The van der Waals surface area contributed by atoms with Crippen molar-refractivity contribution in [3.05, 3.63) is 45.6 Å². The van der Waals surface area contributed by atoms with Crippen molar-refractivity contribution in [2.75, 3.05) is 25.7 Å². The molecule has 27 heavy (non-hydrogen) atoms. The molecule has 1 aromatic carbocycles. The van der Waals surface area contributed by atoms with Gasteiger partial charge in [0.05, 0.1) is 30.4 Å². The number of carbonyl (C=O) groups is 1. The second-order valence-corrected chi connectivity index (χ2v) is 9.41. The zero-order valence-corrected chi connectivity index (χ0v) is 17.0. The van der Waals surface area contributed by atoms with Gasteiger partial charge in [-0.25, -0.2) is 8.42 Å². The fraction of sp³-hybridized carbons (Fsp3) is 0.389. The van der Waals surface area contributed by atoms with Crippen molar-refractivity contribution in [1.29, 1.82) is 0 Å². The van der Waals surface area contributed by atoms with Crippen molar-refractivity contribution in [2.24, 2.45) is 5.73 Å². The second kappa shape index (κ2) is 7.49. The van der Waals surface area contributed by atoms with Gasteiger partial charge in [0.2, 0.25) is 0 Å². The van der Waals surface area contributed by atoms with E-state index in [0.29, 0.717) is 28.5 Å². The lowest BCUT2D eigenvalue weighted by Crippen LogP contribution is -2.39. The number of methoxy groups -OCH3 is 1. The van der Waals surface area contributed by atoms with Crippen molar-refractivity contribution < 1.29 is 22.7 Å². The third-order valence-corrected chi connectivity index (χ3v) is 6.25. The molecule has 146 valence electrons. The van der Waals surface area contributed by atoms with Gasteiger partial charge < -0.3 is 20.1 Å². The molecule has 0 spiro atoms. The maximum Gasteiger partial charge on any atom is 0.266 e. The summed E-state index contributed by atoms with van der Waals surface area (Å²) < 4.78 is 35.1. The predicted molar refractivity (Wildman–Crippen MR) is 104 cm³/mol. The monoisotopic (exact) mass is 410 g/mol. The Morgan fingerprint density at radius 2 is 2.04 bits per heavy atom. The summed E-state index contributed by atoms with van der Waals surface area (Å²) in [6.07, 6.45) is 0.456. The predicted octanol–water partition coefficient (Wildman–Crippen LogP) is 2.35. The number of hydrogen-bond donors (Lipinski definition) is 1. The molecule has 0 saturated heterocycles. The molecule has 9 heteroatoms. The lowest BCUT2D eigenvalue weighted by atomic mass is 10.1. The van der Waals surface area contributed by atoms with E-state index in [2.05, 4.69) is 0 Å². The average molecular weight is 411 g/mol. The number of fused-ring (bicyclic) bond motifs is 1. The summed E-state index contributed by atoms with van der Waals surface area (Å²) in [6.45, 7) is 2.27. The highest BCUT2D eigenvalue weighted by atomic mass is 32.2. The molecule has 2 heterocycles. The fourth-order valence-electron chi connectivity index (χ4n) is 3.25. The van der Waals surface area contributed by atoms with Gasteiger partial charge in [-0.3, -0.25) is 4.79 Å². The molecular weight excluding hydrogens is 388 g/mol. The Morgan fingerprint density at radius 1 is 1.30 bits per heavy atom. The van der Waals surface area contributed by atoms with Gasteiger partial charge in [0.1, 0.15) is 16.0 Å². The minimum atomic E-state index is -3.39. The normalized spacial score (nSPS) is 17.7. The molecule has 2 N–H and O–H groups in total. The highest BCUT2D eigenvalue weighted by molar-refractivity contribution is 7.90. The lowest BCUT2D eigenvalue weighted by molar-refractivity contribution is 0.0654. The highest BCUT2D eigenvalue weighted by Gasteiger charge is 2.41. The third-order valence-electron chi connectivity index (χ3n) is 4.41. The van der Waals surface area contributed by atoms with E-state index in [1.807, 2.05) is 12.3 Å². The summed E-state index contributed by atoms with van der Waals surface area (Å²) in [7, 11) is -1.85. The van der Waals surface area contributed by atoms with Crippen LogP contribution in [0.1, 0.15) is 39.9 Å². The molecule has 0 fully saturated rings. The molecule has 1 aliphatic heterocycles. The first kappa shape index (κ1) is 19.7. The highest BCUT2D eigenvalue weighted by Crippen LogP contribution is 2.41. The van der Waals surface area contributed by atoms with Crippen LogP contribution in [0.4, 0.5) is 0 Å². The third kappa shape index (κ3) is 3.80. The molecule has 1 aliphatic rings. The van der Waals surface area contributed by atoms with E-state index in [1.54, 1.807) is 24.3 Å². The summed E-state index contributed by atoms with van der Waals surface area (Å²) in [4.78, 5) is 14.9. The van der Waals surface area contributed by atoms with E-state index < -0.39 is 22.0 Å². The number of benzene rings is 1. The summed E-state index contributed by atoms with van der Waals surface area (Å²) in [5.74, 6) is 0.537. The second-order valence-electron chi connectivity index (χ2n) is 6.31. The van der Waals surface area contributed by atoms with Crippen molar-refractivity contribution in [3.8, 4) is 11.5 Å². The van der Waals surface area contributed by atoms with Crippen LogP contribution in [0.25, 0.3) is 0 Å². The lowest BCUT2D eigenvalue weighted by Gasteiger charge is -2.32. The van der Waals surface area contributed by atoms with E-state index in [0.717, 1.165) is 11.8 Å². The van der Waals surface area contributed by atoms with Gasteiger partial charge in [0.25, 0.3) is 5.91 Å². The first-order chi connectivity index (χ1) is 12.8. The van der Waals surface area contributed by atoms with Gasteiger partial charge in [-0.1, -0.05) is 6.07 Å². The Labute approximate surface area is 162 Å². The smallest absolute Gasteiger partial charge is 0.266 e. The number of thiophene rings is 1. The molecule has 1 amide bonds. The molecule has 1 aromatic heterocycles. The van der Waals surface area contributed by atoms with Crippen LogP contribution in [0.2, 0.25) is 0 Å². The van der Waals surface area contributed by atoms with Crippen LogP contribution in [0, 0.1) is 0 Å². The van der Waals surface area contributed by atoms with Crippen LogP contribution in [-0.4, -0.2) is 45.0 Å². The van der Waals surface area contributed by atoms with Gasteiger partial charge >= 0.3 is 0 Å². The number of sulfone groups is 1. The van der Waals surface area contributed by atoms with Crippen molar-refractivity contribution in [2.45, 2.75) is 19.1 Å². The number of carbonyl (C=O) groups excluding carboxylic acids is 1. The number of rotatable bonds is 7. The Bertz CT molecular complexity index is 954. The van der Waals surface area contributed by atoms with E-state index in [4.69, 9.17) is 15.2 Å². The van der Waals surface area contributed by atoms with E-state index in [9.17, 15) is 13.2 Å². The summed E-state index contributed by atoms with van der Waals surface area (Å²) in [6, 6.07) is 6.23. The van der Waals surface area contributed by atoms with Crippen LogP contribution >= 0.6 is 11.3 Å². The molecule has 0 aliphatic carbocycles. The molecule has 2 atom stereocenters. The molecule has 0 saturated carbocycles. The molecule has 7 nitrogen and oxygen atoms in total. The molecule has 1 unspecified atom stereocenters. The average Bonchev–Trinajstić information content (AvgIpc) is 3.17. The largest absolute Gasteiger partial charge is 0.493 e. The van der Waals surface area contributed by atoms with Crippen LogP contribution in [0.15, 0.2) is 29.6 Å². The van der Waals surface area contributed by atoms with Gasteiger partial charge in [0, 0.05) is 11.8 Å². The van der Waals surface area contributed by atoms with Crippen LogP contribution in [0.3, 0.4) is 0 Å². The summed E-state index contributed by atoms with van der Waals surface area (Å²) in [5, 5.41) is 1.81.